The van der Waals surface area contributed by atoms with Crippen molar-refractivity contribution in [3.63, 3.8) is 0 Å². The van der Waals surface area contributed by atoms with Gasteiger partial charge in [0.2, 0.25) is 0 Å². The van der Waals surface area contributed by atoms with Crippen LogP contribution in [-0.2, 0) is 6.54 Å². The molecule has 1 atom stereocenters. The minimum absolute atomic E-state index is 0.0817. The monoisotopic (exact) mass is 287 g/mol. The topological polar surface area (TPSA) is 35.6 Å². The molecule has 2 fully saturated rings. The Kier molecular flexibility index (Phi) is 4.15. The third-order valence-corrected chi connectivity index (χ3v) is 5.07. The second-order valence-electron chi connectivity index (χ2n) is 6.42. The van der Waals surface area contributed by atoms with E-state index in [9.17, 15) is 4.79 Å². The summed E-state index contributed by atoms with van der Waals surface area (Å²) in [5.41, 5.74) is 1.39. The maximum atomic E-state index is 12.4. The van der Waals surface area contributed by atoms with Gasteiger partial charge < -0.3 is 10.2 Å². The van der Waals surface area contributed by atoms with E-state index in [1.54, 1.807) is 0 Å². The number of urea groups is 1. The molecule has 0 bridgehead atoms. The lowest BCUT2D eigenvalue weighted by Crippen LogP contribution is -2.57. The van der Waals surface area contributed by atoms with Crippen molar-refractivity contribution in [1.29, 1.82) is 0 Å². The molecule has 1 N–H and O–H groups in total. The summed E-state index contributed by atoms with van der Waals surface area (Å²) in [6, 6.07) is 10.2. The minimum atomic E-state index is 0.0817. The van der Waals surface area contributed by atoms with Crippen LogP contribution in [0.1, 0.15) is 31.2 Å². The molecule has 2 aliphatic heterocycles. The summed E-state index contributed by atoms with van der Waals surface area (Å²) in [6.07, 6.45) is 4.83. The summed E-state index contributed by atoms with van der Waals surface area (Å²) in [6.45, 7) is 3.54. The fourth-order valence-electron chi connectivity index (χ4n) is 3.76. The van der Waals surface area contributed by atoms with Gasteiger partial charge >= 0.3 is 6.03 Å². The van der Waals surface area contributed by atoms with E-state index in [-0.39, 0.29) is 11.6 Å². The van der Waals surface area contributed by atoms with Crippen molar-refractivity contribution >= 4 is 6.03 Å². The summed E-state index contributed by atoms with van der Waals surface area (Å²) in [7, 11) is 2.21. The molecule has 0 aromatic heterocycles. The van der Waals surface area contributed by atoms with E-state index in [4.69, 9.17) is 0 Å². The van der Waals surface area contributed by atoms with Crippen molar-refractivity contribution in [3.05, 3.63) is 35.9 Å². The first-order chi connectivity index (χ1) is 10.2. The average Bonchev–Trinajstić information content (AvgIpc) is 2.86. The molecule has 2 heterocycles. The number of hydrogen-bond acceptors (Lipinski definition) is 2. The SMILES string of the molecule is CN1CCCC12CCCN(C(=O)NCc1ccccc1)C2. The average molecular weight is 287 g/mol. The Hall–Kier alpha value is -1.55. The summed E-state index contributed by atoms with van der Waals surface area (Å²) >= 11 is 0. The predicted octanol–water partition coefficient (Wildman–Crippen LogP) is 2.46. The Labute approximate surface area is 127 Å². The lowest BCUT2D eigenvalue weighted by Gasteiger charge is -2.44. The van der Waals surface area contributed by atoms with Gasteiger partial charge in [-0.1, -0.05) is 30.3 Å². The van der Waals surface area contributed by atoms with Crippen molar-refractivity contribution < 1.29 is 4.79 Å². The van der Waals surface area contributed by atoms with Gasteiger partial charge in [0.05, 0.1) is 0 Å². The highest BCUT2D eigenvalue weighted by Crippen LogP contribution is 2.35. The first-order valence-electron chi connectivity index (χ1n) is 7.98. The number of carbonyl (C=O) groups is 1. The zero-order valence-corrected chi connectivity index (χ0v) is 12.8. The Morgan fingerprint density at radius 1 is 1.19 bits per heavy atom. The second-order valence-corrected chi connectivity index (χ2v) is 6.42. The van der Waals surface area contributed by atoms with Gasteiger partial charge in [-0.25, -0.2) is 4.79 Å². The largest absolute Gasteiger partial charge is 0.334 e. The number of nitrogens with one attached hydrogen (secondary N) is 1. The van der Waals surface area contributed by atoms with Crippen molar-refractivity contribution in [3.8, 4) is 0 Å². The van der Waals surface area contributed by atoms with Crippen LogP contribution in [0.3, 0.4) is 0 Å². The Morgan fingerprint density at radius 2 is 1.90 bits per heavy atom. The van der Waals surface area contributed by atoms with E-state index in [2.05, 4.69) is 17.3 Å². The quantitative estimate of drug-likeness (QED) is 0.907. The molecule has 4 heteroatoms. The number of rotatable bonds is 2. The molecule has 114 valence electrons. The number of carbonyl (C=O) groups excluding carboxylic acids is 1. The van der Waals surface area contributed by atoms with Crippen molar-refractivity contribution in [2.45, 2.75) is 37.8 Å². The van der Waals surface area contributed by atoms with Gasteiger partial charge in [-0.15, -0.1) is 0 Å². The van der Waals surface area contributed by atoms with Crippen molar-refractivity contribution in [2.75, 3.05) is 26.7 Å². The maximum Gasteiger partial charge on any atom is 0.317 e. The first kappa shape index (κ1) is 14.4. The highest BCUT2D eigenvalue weighted by atomic mass is 16.2. The smallest absolute Gasteiger partial charge is 0.317 e. The number of hydrogen-bond donors (Lipinski definition) is 1. The summed E-state index contributed by atoms with van der Waals surface area (Å²) in [5.74, 6) is 0. The zero-order valence-electron chi connectivity index (χ0n) is 12.8. The lowest BCUT2D eigenvalue weighted by atomic mass is 9.87. The molecule has 3 rings (SSSR count). The zero-order chi connectivity index (χ0) is 14.7. The van der Waals surface area contributed by atoms with E-state index < -0.39 is 0 Å². The van der Waals surface area contributed by atoms with Crippen LogP contribution in [0.5, 0.6) is 0 Å². The normalized spacial score (nSPS) is 26.2. The van der Waals surface area contributed by atoms with Gasteiger partial charge in [-0.05, 0) is 44.8 Å². The van der Waals surface area contributed by atoms with Crippen LogP contribution in [0.2, 0.25) is 0 Å². The Bertz CT molecular complexity index is 490. The van der Waals surface area contributed by atoms with Gasteiger partial charge in [0.25, 0.3) is 0 Å². The van der Waals surface area contributed by atoms with Crippen molar-refractivity contribution in [1.82, 2.24) is 15.1 Å². The molecule has 0 saturated carbocycles. The third-order valence-electron chi connectivity index (χ3n) is 5.07. The molecule has 0 radical (unpaired) electrons. The van der Waals surface area contributed by atoms with Gasteiger partial charge in [-0.3, -0.25) is 4.90 Å². The molecule has 1 spiro atoms. The molecule has 2 amide bonds. The van der Waals surface area contributed by atoms with Gasteiger partial charge in [0.15, 0.2) is 0 Å². The predicted molar refractivity (Wildman–Crippen MR) is 84.1 cm³/mol. The molecule has 0 aliphatic carbocycles. The van der Waals surface area contributed by atoms with Gasteiger partial charge in [0, 0.05) is 25.2 Å². The van der Waals surface area contributed by atoms with Crippen LogP contribution in [0.25, 0.3) is 0 Å². The Balaban J connectivity index is 1.57. The number of benzene rings is 1. The maximum absolute atomic E-state index is 12.4. The van der Waals surface area contributed by atoms with Crippen LogP contribution in [0, 0.1) is 0 Å². The van der Waals surface area contributed by atoms with Gasteiger partial charge in [-0.2, -0.15) is 0 Å². The molecular weight excluding hydrogens is 262 g/mol. The Morgan fingerprint density at radius 3 is 2.62 bits per heavy atom. The van der Waals surface area contributed by atoms with E-state index in [0.717, 1.165) is 25.1 Å². The van der Waals surface area contributed by atoms with E-state index in [1.165, 1.54) is 25.8 Å². The molecular formula is C17H25N3O. The summed E-state index contributed by atoms with van der Waals surface area (Å²) < 4.78 is 0. The van der Waals surface area contributed by atoms with Crippen LogP contribution in [0.15, 0.2) is 30.3 Å². The molecule has 2 saturated heterocycles. The number of likely N-dealkylation sites (tertiary alicyclic amines) is 2. The van der Waals surface area contributed by atoms with Crippen LogP contribution >= 0.6 is 0 Å². The number of amides is 2. The second kappa shape index (κ2) is 6.06. The summed E-state index contributed by atoms with van der Waals surface area (Å²) in [4.78, 5) is 16.9. The fraction of sp³-hybridized carbons (Fsp3) is 0.588. The molecule has 1 aromatic rings. The van der Waals surface area contributed by atoms with Crippen LogP contribution in [-0.4, -0.2) is 48.1 Å². The van der Waals surface area contributed by atoms with Crippen molar-refractivity contribution in [2.24, 2.45) is 0 Å². The molecule has 1 aromatic carbocycles. The van der Waals surface area contributed by atoms with Gasteiger partial charge in [0.1, 0.15) is 0 Å². The van der Waals surface area contributed by atoms with Crippen LogP contribution in [0.4, 0.5) is 4.79 Å². The van der Waals surface area contributed by atoms with Crippen LogP contribution < -0.4 is 5.32 Å². The molecule has 4 nitrogen and oxygen atoms in total. The fourth-order valence-corrected chi connectivity index (χ4v) is 3.76. The number of piperidine rings is 1. The molecule has 21 heavy (non-hydrogen) atoms. The van der Waals surface area contributed by atoms with E-state index >= 15 is 0 Å². The lowest BCUT2D eigenvalue weighted by molar-refractivity contribution is 0.0731. The summed E-state index contributed by atoms with van der Waals surface area (Å²) in [5, 5.41) is 3.06. The molecule has 2 aliphatic rings. The first-order valence-corrected chi connectivity index (χ1v) is 7.98. The van der Waals surface area contributed by atoms with E-state index in [1.807, 2.05) is 35.2 Å². The highest BCUT2D eigenvalue weighted by Gasteiger charge is 2.42. The van der Waals surface area contributed by atoms with E-state index in [0.29, 0.717) is 6.54 Å². The number of nitrogens with zero attached hydrogens (tertiary/aromatic N) is 2. The highest BCUT2D eigenvalue weighted by molar-refractivity contribution is 5.74. The molecule has 1 unspecified atom stereocenters. The third kappa shape index (κ3) is 3.05. The minimum Gasteiger partial charge on any atom is -0.334 e. The standard InChI is InChI=1S/C17H25N3O/c1-19-11-5-9-17(19)10-6-12-20(14-17)16(21)18-13-15-7-3-2-4-8-15/h2-4,7-8H,5-6,9-14H2,1H3,(H,18,21). The number of likely N-dealkylation sites (N-methyl/N-ethyl adjacent to an activating group) is 1.